The quantitative estimate of drug-likeness (QED) is 0.802. The van der Waals surface area contributed by atoms with E-state index in [0.29, 0.717) is 48.3 Å². The Morgan fingerprint density at radius 2 is 1.96 bits per heavy atom. The monoisotopic (exact) mass is 344 g/mol. The number of hydrogen-bond donors (Lipinski definition) is 1. The molecule has 1 aromatic carbocycles. The van der Waals surface area contributed by atoms with Gasteiger partial charge < -0.3 is 9.84 Å². The number of hydrogen-bond acceptors (Lipinski definition) is 2. The lowest BCUT2D eigenvalue weighted by Gasteiger charge is -2.19. The topological polar surface area (TPSA) is 46.5 Å². The van der Waals surface area contributed by atoms with Crippen LogP contribution >= 0.6 is 0 Å². The molecule has 0 heterocycles. The van der Waals surface area contributed by atoms with E-state index in [4.69, 9.17) is 9.84 Å². The van der Waals surface area contributed by atoms with Gasteiger partial charge in [0.25, 0.3) is 0 Å². The Hall–Kier alpha value is -2.69. The summed E-state index contributed by atoms with van der Waals surface area (Å²) in [6, 6.07) is 6.84. The molecule has 0 saturated heterocycles. The van der Waals surface area contributed by atoms with Crippen molar-refractivity contribution in [3.8, 4) is 5.75 Å². The van der Waals surface area contributed by atoms with Crippen LogP contribution in [0.2, 0.25) is 0 Å². The van der Waals surface area contributed by atoms with Gasteiger partial charge in [0.05, 0.1) is 6.42 Å². The van der Waals surface area contributed by atoms with E-state index in [1.54, 1.807) is 30.3 Å². The van der Waals surface area contributed by atoms with E-state index in [1.807, 2.05) is 6.08 Å². The van der Waals surface area contributed by atoms with Crippen molar-refractivity contribution in [2.45, 2.75) is 32.1 Å². The Labute approximate surface area is 144 Å². The first-order valence-electron chi connectivity index (χ1n) is 8.17. The summed E-state index contributed by atoms with van der Waals surface area (Å²) >= 11 is 0. The van der Waals surface area contributed by atoms with Crippen LogP contribution < -0.4 is 4.74 Å². The molecule has 0 bridgehead atoms. The van der Waals surface area contributed by atoms with Crippen LogP contribution in [-0.4, -0.2) is 11.1 Å². The molecule has 0 amide bonds. The third-order valence-electron chi connectivity index (χ3n) is 4.15. The number of allylic oxidation sites excluding steroid dienone is 7. The highest BCUT2D eigenvalue weighted by atomic mass is 19.2. The molecule has 2 aliphatic carbocycles. The summed E-state index contributed by atoms with van der Waals surface area (Å²) in [6.45, 7) is 0. The Bertz CT molecular complexity index is 816. The number of aliphatic carboxylic acids is 1. The molecular formula is C20H18F2O3. The zero-order chi connectivity index (χ0) is 17.8. The summed E-state index contributed by atoms with van der Waals surface area (Å²) < 4.78 is 33.3. The molecule has 0 spiro atoms. The number of carbonyl (C=O) groups is 1. The van der Waals surface area contributed by atoms with Crippen LogP contribution in [0.3, 0.4) is 0 Å². The summed E-state index contributed by atoms with van der Waals surface area (Å²) in [4.78, 5) is 10.8. The maximum Gasteiger partial charge on any atom is 0.307 e. The standard InChI is InChI=1S/C20H18F2O3/c21-18-9-3-8-17(20(18)22)14-5-2-7-16(12-14)25-15-6-1-4-13(10-15)11-19(23)24/h1,4,6-7,9-10,12H,2-3,5,8,11H2,(H,23,24). The van der Waals surface area contributed by atoms with E-state index in [2.05, 4.69) is 0 Å². The van der Waals surface area contributed by atoms with Gasteiger partial charge in [-0.3, -0.25) is 4.79 Å². The first-order valence-corrected chi connectivity index (χ1v) is 8.17. The zero-order valence-corrected chi connectivity index (χ0v) is 13.6. The SMILES string of the molecule is O=C(O)Cc1cccc(OC2=CCCC(C3=C(F)C(F)=CCC3)=C2)c1. The van der Waals surface area contributed by atoms with Crippen molar-refractivity contribution in [2.24, 2.45) is 0 Å². The first kappa shape index (κ1) is 17.1. The second-order valence-corrected chi connectivity index (χ2v) is 6.02. The number of halogens is 2. The van der Waals surface area contributed by atoms with Gasteiger partial charge in [-0.1, -0.05) is 12.1 Å². The maximum atomic E-state index is 14.0. The van der Waals surface area contributed by atoms with E-state index < -0.39 is 17.6 Å². The molecule has 1 N–H and O–H groups in total. The van der Waals surface area contributed by atoms with E-state index in [-0.39, 0.29) is 6.42 Å². The molecule has 3 rings (SSSR count). The summed E-state index contributed by atoms with van der Waals surface area (Å²) in [5, 5.41) is 8.87. The van der Waals surface area contributed by atoms with E-state index >= 15 is 0 Å². The van der Waals surface area contributed by atoms with E-state index in [0.717, 1.165) is 5.57 Å². The van der Waals surface area contributed by atoms with Crippen LogP contribution in [0.25, 0.3) is 0 Å². The van der Waals surface area contributed by atoms with Crippen molar-refractivity contribution in [3.63, 3.8) is 0 Å². The third-order valence-corrected chi connectivity index (χ3v) is 4.15. The Kier molecular flexibility index (Phi) is 5.12. The summed E-state index contributed by atoms with van der Waals surface area (Å²) in [5.41, 5.74) is 1.80. The molecule has 5 heteroatoms. The number of carboxylic acid groups (broad SMARTS) is 1. The number of rotatable bonds is 5. The highest BCUT2D eigenvalue weighted by Gasteiger charge is 2.21. The molecule has 0 radical (unpaired) electrons. The molecule has 3 nitrogen and oxygen atoms in total. The Morgan fingerprint density at radius 1 is 1.16 bits per heavy atom. The van der Waals surface area contributed by atoms with Crippen molar-refractivity contribution in [3.05, 3.63) is 76.6 Å². The van der Waals surface area contributed by atoms with Crippen molar-refractivity contribution in [1.29, 1.82) is 0 Å². The fraction of sp³-hybridized carbons (Fsp3) is 0.250. The molecule has 0 aliphatic heterocycles. The normalized spacial score (nSPS) is 17.6. The molecule has 130 valence electrons. The average Bonchev–Trinajstić information content (AvgIpc) is 2.57. The molecule has 1 aromatic rings. The minimum Gasteiger partial charge on any atom is -0.481 e. The Balaban J connectivity index is 1.79. The highest BCUT2D eigenvalue weighted by Crippen LogP contribution is 2.36. The number of ether oxygens (including phenoxy) is 1. The first-order chi connectivity index (χ1) is 12.0. The summed E-state index contributed by atoms with van der Waals surface area (Å²) in [7, 11) is 0. The number of benzene rings is 1. The van der Waals surface area contributed by atoms with Gasteiger partial charge in [0.2, 0.25) is 0 Å². The van der Waals surface area contributed by atoms with Crippen LogP contribution in [0.1, 0.15) is 31.2 Å². The minimum absolute atomic E-state index is 0.0823. The highest BCUT2D eigenvalue weighted by molar-refractivity contribution is 5.70. The lowest BCUT2D eigenvalue weighted by Crippen LogP contribution is -2.05. The molecule has 0 unspecified atom stereocenters. The minimum atomic E-state index is -0.911. The van der Waals surface area contributed by atoms with Crippen molar-refractivity contribution < 1.29 is 23.4 Å². The second kappa shape index (κ2) is 7.47. The zero-order valence-electron chi connectivity index (χ0n) is 13.6. The fourth-order valence-corrected chi connectivity index (χ4v) is 3.00. The van der Waals surface area contributed by atoms with E-state index in [1.165, 1.54) is 6.08 Å². The molecule has 0 atom stereocenters. The van der Waals surface area contributed by atoms with Gasteiger partial charge >= 0.3 is 5.97 Å². The summed E-state index contributed by atoms with van der Waals surface area (Å²) in [5.74, 6) is -1.40. The van der Waals surface area contributed by atoms with Crippen LogP contribution in [0, 0.1) is 0 Å². The van der Waals surface area contributed by atoms with Crippen LogP contribution in [-0.2, 0) is 11.2 Å². The summed E-state index contributed by atoms with van der Waals surface area (Å²) in [6.07, 6.45) is 7.10. The van der Waals surface area contributed by atoms with Crippen molar-refractivity contribution >= 4 is 5.97 Å². The Morgan fingerprint density at radius 3 is 2.76 bits per heavy atom. The van der Waals surface area contributed by atoms with Crippen molar-refractivity contribution in [1.82, 2.24) is 0 Å². The molecule has 0 fully saturated rings. The number of carboxylic acids is 1. The lowest BCUT2D eigenvalue weighted by molar-refractivity contribution is -0.136. The van der Waals surface area contributed by atoms with Crippen LogP contribution in [0.15, 0.2) is 71.1 Å². The van der Waals surface area contributed by atoms with Crippen LogP contribution in [0.5, 0.6) is 5.75 Å². The van der Waals surface area contributed by atoms with Gasteiger partial charge in [0.15, 0.2) is 11.7 Å². The predicted molar refractivity (Wildman–Crippen MR) is 90.4 cm³/mol. The average molecular weight is 344 g/mol. The fourth-order valence-electron chi connectivity index (χ4n) is 3.00. The van der Waals surface area contributed by atoms with E-state index in [9.17, 15) is 13.6 Å². The lowest BCUT2D eigenvalue weighted by atomic mass is 9.90. The van der Waals surface area contributed by atoms with Gasteiger partial charge in [-0.25, -0.2) is 8.78 Å². The van der Waals surface area contributed by atoms with Gasteiger partial charge in [-0.05, 0) is 72.8 Å². The predicted octanol–water partition coefficient (Wildman–Crippen LogP) is 5.17. The third kappa shape index (κ3) is 4.24. The largest absolute Gasteiger partial charge is 0.481 e. The van der Waals surface area contributed by atoms with Gasteiger partial charge in [0, 0.05) is 0 Å². The molecule has 0 aromatic heterocycles. The molecule has 25 heavy (non-hydrogen) atoms. The smallest absolute Gasteiger partial charge is 0.307 e. The van der Waals surface area contributed by atoms with Crippen molar-refractivity contribution in [2.75, 3.05) is 0 Å². The van der Waals surface area contributed by atoms with Crippen LogP contribution in [0.4, 0.5) is 8.78 Å². The maximum absolute atomic E-state index is 14.0. The molecule has 2 aliphatic rings. The van der Waals surface area contributed by atoms with Gasteiger partial charge in [-0.2, -0.15) is 0 Å². The second-order valence-electron chi connectivity index (χ2n) is 6.02. The van der Waals surface area contributed by atoms with Gasteiger partial charge in [0.1, 0.15) is 11.5 Å². The molecule has 0 saturated carbocycles. The van der Waals surface area contributed by atoms with Gasteiger partial charge in [-0.15, -0.1) is 0 Å². The molecular weight excluding hydrogens is 326 g/mol.